The molecule has 0 aromatic heterocycles. The summed E-state index contributed by atoms with van der Waals surface area (Å²) < 4.78 is 12.1. The lowest BCUT2D eigenvalue weighted by atomic mass is 9.81. The van der Waals surface area contributed by atoms with Crippen LogP contribution < -0.4 is 4.74 Å². The van der Waals surface area contributed by atoms with Gasteiger partial charge in [0.1, 0.15) is 5.75 Å². The molecule has 144 valence electrons. The van der Waals surface area contributed by atoms with Crippen molar-refractivity contribution in [3.8, 4) is 16.9 Å². The van der Waals surface area contributed by atoms with E-state index in [0.29, 0.717) is 5.75 Å². The minimum atomic E-state index is -1.22. The Balaban J connectivity index is 2.15. The lowest BCUT2D eigenvalue weighted by Crippen LogP contribution is -2.31. The molecule has 0 bridgehead atoms. The largest absolute Gasteiger partial charge is 0.426 e. The van der Waals surface area contributed by atoms with Gasteiger partial charge in [-0.3, -0.25) is 4.79 Å². The molecular formula is C23H30O3Si. The zero-order valence-electron chi connectivity index (χ0n) is 17.2. The maximum absolute atomic E-state index is 11.6. The summed E-state index contributed by atoms with van der Waals surface area (Å²) in [6.07, 6.45) is 1.10. The molecule has 2 aromatic rings. The first-order valence-corrected chi connectivity index (χ1v) is 12.5. The van der Waals surface area contributed by atoms with Crippen LogP contribution >= 0.6 is 0 Å². The van der Waals surface area contributed by atoms with Crippen LogP contribution in [-0.4, -0.2) is 21.1 Å². The Labute approximate surface area is 164 Å². The van der Waals surface area contributed by atoms with Gasteiger partial charge in [0, 0.05) is 18.4 Å². The van der Waals surface area contributed by atoms with Crippen LogP contribution in [0, 0.1) is 5.41 Å². The highest BCUT2D eigenvalue weighted by Gasteiger charge is 2.38. The van der Waals surface area contributed by atoms with Crippen molar-refractivity contribution in [2.75, 3.05) is 0 Å². The summed E-state index contributed by atoms with van der Waals surface area (Å²) in [6.45, 7) is 12.7. The van der Waals surface area contributed by atoms with Gasteiger partial charge in [-0.05, 0) is 47.7 Å². The van der Waals surface area contributed by atoms with E-state index >= 15 is 0 Å². The predicted octanol–water partition coefficient (Wildman–Crippen LogP) is 5.53. The third kappa shape index (κ3) is 4.33. The summed E-state index contributed by atoms with van der Waals surface area (Å²) in [7, 11) is -1.22. The molecule has 0 fully saturated rings. The summed E-state index contributed by atoms with van der Waals surface area (Å²) in [5.74, 6) is 0.522. The topological polar surface area (TPSA) is 35.5 Å². The van der Waals surface area contributed by atoms with E-state index in [1.54, 1.807) is 0 Å². The third-order valence-electron chi connectivity index (χ3n) is 4.84. The van der Waals surface area contributed by atoms with Crippen molar-refractivity contribution in [3.63, 3.8) is 0 Å². The van der Waals surface area contributed by atoms with Gasteiger partial charge in [0.2, 0.25) is 0 Å². The molecule has 3 nitrogen and oxygen atoms in total. The molecule has 2 aromatic carbocycles. The summed E-state index contributed by atoms with van der Waals surface area (Å²) in [6, 6.07) is 14.5. The highest BCUT2D eigenvalue weighted by atomic mass is 28.3. The summed E-state index contributed by atoms with van der Waals surface area (Å²) in [4.78, 5) is 11.6. The number of hydrogen-bond donors (Lipinski definition) is 0. The molecule has 0 heterocycles. The number of ether oxygens (including phenoxy) is 1. The van der Waals surface area contributed by atoms with E-state index in [-0.39, 0.29) is 23.4 Å². The van der Waals surface area contributed by atoms with Crippen LogP contribution in [-0.2, 0) is 9.22 Å². The van der Waals surface area contributed by atoms with Crippen molar-refractivity contribution < 1.29 is 14.0 Å². The summed E-state index contributed by atoms with van der Waals surface area (Å²) >= 11 is 0. The van der Waals surface area contributed by atoms with Crippen LogP contribution in [0.15, 0.2) is 42.5 Å². The second-order valence-electron chi connectivity index (χ2n) is 8.87. The standard InChI is InChI=1S/C23H30O3Si/c1-15(24)25-19-13-9-12-18-21(19)16-10-7-8-11-17(16)22(18)20(26-27(5)6)14-23(2,3)4/h7-13,20,22,27H,14H2,1-6H3. The zero-order chi connectivity index (χ0) is 19.8. The Kier molecular flexibility index (Phi) is 5.59. The van der Waals surface area contributed by atoms with E-state index in [1.807, 2.05) is 18.2 Å². The van der Waals surface area contributed by atoms with Gasteiger partial charge in [0.15, 0.2) is 9.04 Å². The summed E-state index contributed by atoms with van der Waals surface area (Å²) in [5, 5.41) is 0. The quantitative estimate of drug-likeness (QED) is 0.387. The number of esters is 1. The van der Waals surface area contributed by atoms with Gasteiger partial charge in [-0.15, -0.1) is 0 Å². The molecule has 0 amide bonds. The minimum absolute atomic E-state index is 0.117. The van der Waals surface area contributed by atoms with Crippen molar-refractivity contribution in [2.24, 2.45) is 5.41 Å². The fourth-order valence-electron chi connectivity index (χ4n) is 4.10. The van der Waals surface area contributed by atoms with Crippen LogP contribution in [0.2, 0.25) is 13.1 Å². The Hall–Kier alpha value is -1.91. The van der Waals surface area contributed by atoms with Crippen LogP contribution in [0.4, 0.5) is 0 Å². The lowest BCUT2D eigenvalue weighted by Gasteiger charge is -2.33. The predicted molar refractivity (Wildman–Crippen MR) is 113 cm³/mol. The van der Waals surface area contributed by atoms with Gasteiger partial charge >= 0.3 is 5.97 Å². The van der Waals surface area contributed by atoms with Crippen molar-refractivity contribution in [1.29, 1.82) is 0 Å². The van der Waals surface area contributed by atoms with Gasteiger partial charge in [0.25, 0.3) is 0 Å². The Morgan fingerprint density at radius 3 is 2.37 bits per heavy atom. The van der Waals surface area contributed by atoms with E-state index in [4.69, 9.17) is 9.16 Å². The van der Waals surface area contributed by atoms with Crippen molar-refractivity contribution in [1.82, 2.24) is 0 Å². The van der Waals surface area contributed by atoms with Gasteiger partial charge in [-0.2, -0.15) is 0 Å². The van der Waals surface area contributed by atoms with Gasteiger partial charge in [0.05, 0.1) is 6.10 Å². The fraction of sp³-hybridized carbons (Fsp3) is 0.435. The Morgan fingerprint density at radius 2 is 1.74 bits per heavy atom. The number of benzene rings is 2. The molecule has 0 spiro atoms. The van der Waals surface area contributed by atoms with Gasteiger partial charge in [-0.1, -0.05) is 57.2 Å². The zero-order valence-corrected chi connectivity index (χ0v) is 18.4. The number of rotatable bonds is 5. The second kappa shape index (κ2) is 7.61. The molecule has 2 atom stereocenters. The molecule has 0 N–H and O–H groups in total. The van der Waals surface area contributed by atoms with E-state index < -0.39 is 9.04 Å². The van der Waals surface area contributed by atoms with E-state index in [2.05, 4.69) is 58.1 Å². The van der Waals surface area contributed by atoms with Crippen molar-refractivity contribution >= 4 is 15.0 Å². The molecular weight excluding hydrogens is 352 g/mol. The molecule has 0 saturated carbocycles. The van der Waals surface area contributed by atoms with Crippen LogP contribution in [0.3, 0.4) is 0 Å². The number of carbonyl (C=O) groups is 1. The van der Waals surface area contributed by atoms with E-state index in [1.165, 1.54) is 18.1 Å². The molecule has 3 rings (SSSR count). The monoisotopic (exact) mass is 382 g/mol. The number of hydrogen-bond acceptors (Lipinski definition) is 3. The minimum Gasteiger partial charge on any atom is -0.426 e. The second-order valence-corrected chi connectivity index (χ2v) is 11.2. The Morgan fingerprint density at radius 1 is 1.07 bits per heavy atom. The van der Waals surface area contributed by atoms with Crippen molar-refractivity contribution in [3.05, 3.63) is 53.6 Å². The first-order chi connectivity index (χ1) is 12.7. The van der Waals surface area contributed by atoms with Gasteiger partial charge < -0.3 is 9.16 Å². The molecule has 0 radical (unpaired) electrons. The first kappa shape index (κ1) is 19.8. The van der Waals surface area contributed by atoms with E-state index in [0.717, 1.165) is 17.5 Å². The molecule has 2 unspecified atom stereocenters. The average Bonchev–Trinajstić information content (AvgIpc) is 2.87. The molecule has 0 saturated heterocycles. The smallest absolute Gasteiger partial charge is 0.308 e. The van der Waals surface area contributed by atoms with Crippen LogP contribution in [0.5, 0.6) is 5.75 Å². The number of carbonyl (C=O) groups excluding carboxylic acids is 1. The third-order valence-corrected chi connectivity index (χ3v) is 5.74. The molecule has 4 heteroatoms. The molecule has 1 aliphatic carbocycles. The fourth-order valence-corrected chi connectivity index (χ4v) is 5.05. The highest BCUT2D eigenvalue weighted by Crippen LogP contribution is 2.52. The maximum atomic E-state index is 11.6. The number of fused-ring (bicyclic) bond motifs is 3. The normalized spacial score (nSPS) is 16.8. The Bertz CT molecular complexity index is 836. The summed E-state index contributed by atoms with van der Waals surface area (Å²) in [5.41, 5.74) is 4.84. The van der Waals surface area contributed by atoms with E-state index in [9.17, 15) is 4.79 Å². The first-order valence-electron chi connectivity index (χ1n) is 9.73. The van der Waals surface area contributed by atoms with Crippen LogP contribution in [0.1, 0.15) is 51.2 Å². The molecule has 1 aliphatic rings. The SMILES string of the molecule is CC(=O)Oc1cccc2c1-c1ccccc1C2C(CC(C)(C)C)O[SiH](C)C. The van der Waals surface area contributed by atoms with Crippen molar-refractivity contribution in [2.45, 2.75) is 59.2 Å². The molecule has 27 heavy (non-hydrogen) atoms. The highest BCUT2D eigenvalue weighted by molar-refractivity contribution is 6.48. The average molecular weight is 383 g/mol. The molecule has 0 aliphatic heterocycles. The van der Waals surface area contributed by atoms with Crippen LogP contribution in [0.25, 0.3) is 11.1 Å². The maximum Gasteiger partial charge on any atom is 0.308 e. The van der Waals surface area contributed by atoms with Gasteiger partial charge in [-0.25, -0.2) is 0 Å². The lowest BCUT2D eigenvalue weighted by molar-refractivity contribution is -0.131.